The van der Waals surface area contributed by atoms with Gasteiger partial charge in [-0.2, -0.15) is 0 Å². The summed E-state index contributed by atoms with van der Waals surface area (Å²) in [4.78, 5) is 0. The Morgan fingerprint density at radius 2 is 1.91 bits per heavy atom. The Morgan fingerprint density at radius 1 is 1.36 bits per heavy atom. The van der Waals surface area contributed by atoms with Crippen LogP contribution in [-0.2, 0) is 0 Å². The quantitative estimate of drug-likeness (QED) is 0.620. The average molecular weight is 155 g/mol. The summed E-state index contributed by atoms with van der Waals surface area (Å²) in [6, 6.07) is 0. The largest absolute Gasteiger partial charge is 0.327 e. The number of nitrogens with two attached hydrogens (primary N) is 1. The lowest BCUT2D eigenvalue weighted by Crippen LogP contribution is -2.09. The lowest BCUT2D eigenvalue weighted by atomic mass is 9.97. The molecule has 0 aliphatic carbocycles. The summed E-state index contributed by atoms with van der Waals surface area (Å²) in [7, 11) is 0. The van der Waals surface area contributed by atoms with Crippen molar-refractivity contribution in [2.45, 2.75) is 34.1 Å². The molecule has 0 radical (unpaired) electrons. The Balaban J connectivity index is 4.10. The van der Waals surface area contributed by atoms with Crippen molar-refractivity contribution in [3.63, 3.8) is 0 Å². The van der Waals surface area contributed by atoms with Crippen molar-refractivity contribution in [3.05, 3.63) is 11.6 Å². The van der Waals surface area contributed by atoms with E-state index in [1.54, 1.807) is 0 Å². The maximum absolute atomic E-state index is 5.61. The van der Waals surface area contributed by atoms with Crippen LogP contribution in [0.2, 0.25) is 0 Å². The molecule has 0 amide bonds. The fourth-order valence-electron chi connectivity index (χ4n) is 0.979. The van der Waals surface area contributed by atoms with Gasteiger partial charge in [0.2, 0.25) is 0 Å². The van der Waals surface area contributed by atoms with Gasteiger partial charge in [-0.25, -0.2) is 0 Å². The van der Waals surface area contributed by atoms with Gasteiger partial charge in [-0.1, -0.05) is 45.8 Å². The third kappa shape index (κ3) is 4.20. The monoisotopic (exact) mass is 155 g/mol. The number of hydrogen-bond acceptors (Lipinski definition) is 1. The SMILES string of the molecule is CCC(C)/C=C(/CN)C(C)C. The fraction of sp³-hybridized carbons (Fsp3) is 0.800. The molecule has 0 aliphatic heterocycles. The molecule has 1 heteroatoms. The third-order valence-corrected chi connectivity index (χ3v) is 2.12. The van der Waals surface area contributed by atoms with Crippen molar-refractivity contribution in [2.24, 2.45) is 17.6 Å². The Hall–Kier alpha value is -0.300. The minimum Gasteiger partial charge on any atom is -0.327 e. The molecule has 0 aliphatic rings. The minimum absolute atomic E-state index is 0.606. The van der Waals surface area contributed by atoms with Crippen molar-refractivity contribution >= 4 is 0 Å². The number of hydrogen-bond donors (Lipinski definition) is 1. The van der Waals surface area contributed by atoms with E-state index in [1.807, 2.05) is 0 Å². The Bertz CT molecular complexity index is 125. The summed E-state index contributed by atoms with van der Waals surface area (Å²) < 4.78 is 0. The van der Waals surface area contributed by atoms with Crippen molar-refractivity contribution in [1.82, 2.24) is 0 Å². The molecular formula is C10H21N. The van der Waals surface area contributed by atoms with Crippen LogP contribution < -0.4 is 5.73 Å². The first-order chi connectivity index (χ1) is 5.11. The first kappa shape index (κ1) is 10.7. The Labute approximate surface area is 70.7 Å². The molecule has 0 heterocycles. The Kier molecular flexibility index (Phi) is 5.22. The van der Waals surface area contributed by atoms with Gasteiger partial charge in [0.25, 0.3) is 0 Å². The van der Waals surface area contributed by atoms with Crippen molar-refractivity contribution < 1.29 is 0 Å². The molecule has 0 fully saturated rings. The predicted molar refractivity (Wildman–Crippen MR) is 51.4 cm³/mol. The molecule has 0 rings (SSSR count). The second-order valence-electron chi connectivity index (χ2n) is 3.49. The summed E-state index contributed by atoms with van der Waals surface area (Å²) in [5.41, 5.74) is 7.00. The minimum atomic E-state index is 0.606. The predicted octanol–water partition coefficient (Wildman–Crippen LogP) is 2.57. The maximum Gasteiger partial charge on any atom is 0.0139 e. The van der Waals surface area contributed by atoms with Gasteiger partial charge >= 0.3 is 0 Å². The van der Waals surface area contributed by atoms with E-state index in [4.69, 9.17) is 5.73 Å². The molecule has 0 saturated heterocycles. The van der Waals surface area contributed by atoms with Crippen molar-refractivity contribution in [1.29, 1.82) is 0 Å². The smallest absolute Gasteiger partial charge is 0.0139 e. The molecule has 11 heavy (non-hydrogen) atoms. The van der Waals surface area contributed by atoms with E-state index in [9.17, 15) is 0 Å². The van der Waals surface area contributed by atoms with E-state index in [-0.39, 0.29) is 0 Å². The van der Waals surface area contributed by atoms with Crippen LogP contribution in [0.3, 0.4) is 0 Å². The molecule has 1 atom stereocenters. The van der Waals surface area contributed by atoms with E-state index in [1.165, 1.54) is 12.0 Å². The first-order valence-corrected chi connectivity index (χ1v) is 4.52. The van der Waals surface area contributed by atoms with Gasteiger partial charge in [0.15, 0.2) is 0 Å². The molecule has 1 unspecified atom stereocenters. The van der Waals surface area contributed by atoms with Gasteiger partial charge in [-0.3, -0.25) is 0 Å². The summed E-state index contributed by atoms with van der Waals surface area (Å²) >= 11 is 0. The molecule has 0 saturated carbocycles. The summed E-state index contributed by atoms with van der Waals surface area (Å²) in [6.45, 7) is 9.54. The van der Waals surface area contributed by atoms with Gasteiger partial charge in [0, 0.05) is 6.54 Å². The molecule has 0 aromatic carbocycles. The van der Waals surface area contributed by atoms with E-state index in [0.29, 0.717) is 18.4 Å². The van der Waals surface area contributed by atoms with E-state index in [2.05, 4.69) is 33.8 Å². The van der Waals surface area contributed by atoms with E-state index < -0.39 is 0 Å². The molecule has 0 aromatic rings. The highest BCUT2D eigenvalue weighted by Gasteiger charge is 2.02. The highest BCUT2D eigenvalue weighted by molar-refractivity contribution is 5.07. The standard InChI is InChI=1S/C10H21N/c1-5-9(4)6-10(7-11)8(2)3/h6,8-9H,5,7,11H2,1-4H3/b10-6-. The molecule has 2 N–H and O–H groups in total. The van der Waals surface area contributed by atoms with Crippen LogP contribution in [0, 0.1) is 11.8 Å². The second kappa shape index (κ2) is 5.36. The Morgan fingerprint density at radius 3 is 2.18 bits per heavy atom. The lowest BCUT2D eigenvalue weighted by Gasteiger charge is -2.11. The highest BCUT2D eigenvalue weighted by atomic mass is 14.5. The zero-order chi connectivity index (χ0) is 8.85. The van der Waals surface area contributed by atoms with Gasteiger partial charge in [-0.05, 0) is 11.8 Å². The highest BCUT2D eigenvalue weighted by Crippen LogP contribution is 2.13. The van der Waals surface area contributed by atoms with E-state index in [0.717, 1.165) is 0 Å². The summed E-state index contributed by atoms with van der Waals surface area (Å²) in [5.74, 6) is 1.28. The van der Waals surface area contributed by atoms with Crippen LogP contribution in [0.4, 0.5) is 0 Å². The van der Waals surface area contributed by atoms with Crippen LogP contribution in [-0.4, -0.2) is 6.54 Å². The summed E-state index contributed by atoms with van der Waals surface area (Å²) in [6.07, 6.45) is 3.51. The topological polar surface area (TPSA) is 26.0 Å². The van der Waals surface area contributed by atoms with Crippen LogP contribution in [0.5, 0.6) is 0 Å². The van der Waals surface area contributed by atoms with E-state index >= 15 is 0 Å². The van der Waals surface area contributed by atoms with Crippen LogP contribution in [0.15, 0.2) is 11.6 Å². The molecule has 1 nitrogen and oxygen atoms in total. The molecule has 66 valence electrons. The number of rotatable bonds is 4. The third-order valence-electron chi connectivity index (χ3n) is 2.12. The van der Waals surface area contributed by atoms with Gasteiger partial charge in [0.05, 0.1) is 0 Å². The average Bonchev–Trinajstić information content (AvgIpc) is 1.99. The molecular weight excluding hydrogens is 134 g/mol. The summed E-state index contributed by atoms with van der Waals surface area (Å²) in [5, 5.41) is 0. The maximum atomic E-state index is 5.61. The zero-order valence-electron chi connectivity index (χ0n) is 8.22. The van der Waals surface area contributed by atoms with Gasteiger partial charge < -0.3 is 5.73 Å². The van der Waals surface area contributed by atoms with Crippen molar-refractivity contribution in [2.75, 3.05) is 6.54 Å². The zero-order valence-corrected chi connectivity index (χ0v) is 8.22. The van der Waals surface area contributed by atoms with Crippen LogP contribution in [0.25, 0.3) is 0 Å². The molecule has 0 spiro atoms. The van der Waals surface area contributed by atoms with Crippen molar-refractivity contribution in [3.8, 4) is 0 Å². The fourth-order valence-corrected chi connectivity index (χ4v) is 0.979. The van der Waals surface area contributed by atoms with Gasteiger partial charge in [-0.15, -0.1) is 0 Å². The van der Waals surface area contributed by atoms with Gasteiger partial charge in [0.1, 0.15) is 0 Å². The van der Waals surface area contributed by atoms with Crippen LogP contribution in [0.1, 0.15) is 34.1 Å². The number of allylic oxidation sites excluding steroid dienone is 1. The van der Waals surface area contributed by atoms with Crippen LogP contribution >= 0.6 is 0 Å². The molecule has 0 aromatic heterocycles. The second-order valence-corrected chi connectivity index (χ2v) is 3.49. The first-order valence-electron chi connectivity index (χ1n) is 4.52. The normalized spacial score (nSPS) is 15.6. The lowest BCUT2D eigenvalue weighted by molar-refractivity contribution is 0.660. The molecule has 0 bridgehead atoms.